The second-order valence-corrected chi connectivity index (χ2v) is 4.19. The van der Waals surface area contributed by atoms with Crippen molar-refractivity contribution >= 4 is 35.6 Å². The molecule has 0 fully saturated rings. The number of hydrogen-bond donors (Lipinski definition) is 1. The molecule has 2 aromatic heterocycles. The van der Waals surface area contributed by atoms with Crippen LogP contribution in [0.3, 0.4) is 0 Å². The molecule has 0 aliphatic heterocycles. The molecule has 0 bridgehead atoms. The third-order valence-corrected chi connectivity index (χ3v) is 3.50. The van der Waals surface area contributed by atoms with Crippen molar-refractivity contribution < 1.29 is 0 Å². The molecule has 0 unspecified atom stereocenters. The van der Waals surface area contributed by atoms with E-state index in [1.807, 2.05) is 23.2 Å². The molecule has 2 aromatic rings. The highest BCUT2D eigenvalue weighted by Crippen LogP contribution is 2.13. The van der Waals surface area contributed by atoms with E-state index >= 15 is 0 Å². The lowest BCUT2D eigenvalue weighted by Gasteiger charge is -2.05. The average Bonchev–Trinajstić information content (AvgIpc) is 2.67. The number of nitrogens with one attached hydrogen (secondary N) is 1. The summed E-state index contributed by atoms with van der Waals surface area (Å²) in [5, 5.41) is 0. The van der Waals surface area contributed by atoms with Gasteiger partial charge in [0, 0.05) is 20.5 Å². The van der Waals surface area contributed by atoms with E-state index in [0.717, 1.165) is 23.4 Å². The van der Waals surface area contributed by atoms with Gasteiger partial charge in [-0.15, -0.1) is 0 Å². The monoisotopic (exact) mass is 240 g/mol. The molecule has 15 heavy (non-hydrogen) atoms. The van der Waals surface area contributed by atoms with Gasteiger partial charge in [0.25, 0.3) is 0 Å². The van der Waals surface area contributed by atoms with Crippen LogP contribution < -0.4 is 0 Å². The van der Waals surface area contributed by atoms with Crippen LogP contribution in [0.4, 0.5) is 0 Å². The summed E-state index contributed by atoms with van der Waals surface area (Å²) < 4.78 is 5.07. The number of aryl methyl sites for hydroxylation is 2. The van der Waals surface area contributed by atoms with Gasteiger partial charge in [-0.1, -0.05) is 19.1 Å². The SMILES string of the molecule is CCc1nc2c([nH]1)c(=S)n(C)c(=S)n2C. The first kappa shape index (κ1) is 10.5. The Balaban J connectivity index is 3.04. The fourth-order valence-corrected chi connectivity index (χ4v) is 2.01. The lowest BCUT2D eigenvalue weighted by molar-refractivity contribution is 0.755. The standard InChI is InChI=1S/C9H12N4S2/c1-4-5-10-6-7(11-5)12(2)9(15)13(3)8(6)14/h4H2,1-3H3,(H,10,11). The number of nitrogens with zero attached hydrogens (tertiary/aromatic N) is 3. The minimum atomic E-state index is 0.682. The minimum absolute atomic E-state index is 0.682. The predicted molar refractivity (Wildman–Crippen MR) is 65.1 cm³/mol. The number of aromatic nitrogens is 4. The Morgan fingerprint density at radius 2 is 1.93 bits per heavy atom. The van der Waals surface area contributed by atoms with Crippen molar-refractivity contribution in [3.8, 4) is 0 Å². The van der Waals surface area contributed by atoms with Crippen LogP contribution >= 0.6 is 24.4 Å². The van der Waals surface area contributed by atoms with E-state index in [1.165, 1.54) is 0 Å². The number of imidazole rings is 1. The first-order valence-corrected chi connectivity index (χ1v) is 5.52. The summed E-state index contributed by atoms with van der Waals surface area (Å²) in [6, 6.07) is 0. The van der Waals surface area contributed by atoms with Gasteiger partial charge in [-0.2, -0.15) is 0 Å². The molecule has 0 amide bonds. The van der Waals surface area contributed by atoms with E-state index in [0.29, 0.717) is 9.41 Å². The van der Waals surface area contributed by atoms with Crippen molar-refractivity contribution in [3.05, 3.63) is 15.2 Å². The van der Waals surface area contributed by atoms with Gasteiger partial charge in [-0.3, -0.25) is 0 Å². The molecule has 0 atom stereocenters. The highest BCUT2D eigenvalue weighted by atomic mass is 32.1. The van der Waals surface area contributed by atoms with E-state index in [-0.39, 0.29) is 0 Å². The Morgan fingerprint density at radius 3 is 2.53 bits per heavy atom. The molecule has 2 heterocycles. The van der Waals surface area contributed by atoms with Gasteiger partial charge in [-0.05, 0) is 12.2 Å². The molecule has 4 nitrogen and oxygen atoms in total. The Kier molecular flexibility index (Phi) is 2.47. The number of rotatable bonds is 1. The maximum Gasteiger partial charge on any atom is 0.182 e. The molecule has 0 aliphatic carbocycles. The van der Waals surface area contributed by atoms with Crippen molar-refractivity contribution in [1.82, 2.24) is 19.1 Å². The third kappa shape index (κ3) is 1.44. The van der Waals surface area contributed by atoms with Gasteiger partial charge >= 0.3 is 0 Å². The van der Waals surface area contributed by atoms with Crippen LogP contribution in [0, 0.1) is 9.41 Å². The fourth-order valence-electron chi connectivity index (χ4n) is 1.54. The van der Waals surface area contributed by atoms with Crippen molar-refractivity contribution in [1.29, 1.82) is 0 Å². The Bertz CT molecular complexity index is 632. The van der Waals surface area contributed by atoms with E-state index in [2.05, 4.69) is 16.9 Å². The maximum atomic E-state index is 5.31. The zero-order valence-corrected chi connectivity index (χ0v) is 10.5. The van der Waals surface area contributed by atoms with Crippen LogP contribution in [0.1, 0.15) is 12.7 Å². The summed E-state index contributed by atoms with van der Waals surface area (Å²) in [4.78, 5) is 7.67. The van der Waals surface area contributed by atoms with Crippen LogP contribution in [0.5, 0.6) is 0 Å². The summed E-state index contributed by atoms with van der Waals surface area (Å²) in [7, 11) is 3.77. The van der Waals surface area contributed by atoms with Crippen molar-refractivity contribution in [2.45, 2.75) is 13.3 Å². The molecule has 6 heteroatoms. The lowest BCUT2D eigenvalue weighted by atomic mass is 10.5. The Hall–Kier alpha value is -1.01. The predicted octanol–water partition coefficient (Wildman–Crippen LogP) is 2.26. The zero-order chi connectivity index (χ0) is 11.2. The van der Waals surface area contributed by atoms with Gasteiger partial charge < -0.3 is 14.1 Å². The molecule has 2 rings (SSSR count). The van der Waals surface area contributed by atoms with E-state index in [1.54, 1.807) is 0 Å². The van der Waals surface area contributed by atoms with E-state index in [9.17, 15) is 0 Å². The number of fused-ring (bicyclic) bond motifs is 1. The van der Waals surface area contributed by atoms with Gasteiger partial charge in [0.15, 0.2) is 10.4 Å². The molecule has 0 saturated carbocycles. The van der Waals surface area contributed by atoms with Gasteiger partial charge in [0.05, 0.1) is 0 Å². The summed E-state index contributed by atoms with van der Waals surface area (Å²) >= 11 is 10.6. The minimum Gasteiger partial charge on any atom is -0.338 e. The van der Waals surface area contributed by atoms with E-state index < -0.39 is 0 Å². The van der Waals surface area contributed by atoms with Crippen LogP contribution in [0.25, 0.3) is 11.2 Å². The van der Waals surface area contributed by atoms with Gasteiger partial charge in [-0.25, -0.2) is 4.98 Å². The second-order valence-electron chi connectivity index (χ2n) is 3.44. The summed E-state index contributed by atoms with van der Waals surface area (Å²) in [6.07, 6.45) is 0.861. The van der Waals surface area contributed by atoms with Crippen molar-refractivity contribution in [2.24, 2.45) is 14.1 Å². The van der Waals surface area contributed by atoms with Crippen LogP contribution in [-0.2, 0) is 20.5 Å². The molecule has 0 radical (unpaired) electrons. The summed E-state index contributed by atoms with van der Waals surface area (Å²) in [5.74, 6) is 0.937. The number of hydrogen-bond acceptors (Lipinski definition) is 3. The van der Waals surface area contributed by atoms with Crippen LogP contribution in [0.2, 0.25) is 0 Å². The number of H-pyrrole nitrogens is 1. The van der Waals surface area contributed by atoms with Gasteiger partial charge in [0.2, 0.25) is 0 Å². The normalized spacial score (nSPS) is 11.1. The van der Waals surface area contributed by atoms with Crippen molar-refractivity contribution in [2.75, 3.05) is 0 Å². The number of aromatic amines is 1. The molecule has 1 N–H and O–H groups in total. The average molecular weight is 240 g/mol. The van der Waals surface area contributed by atoms with Crippen molar-refractivity contribution in [3.63, 3.8) is 0 Å². The fraction of sp³-hybridized carbons (Fsp3) is 0.444. The largest absolute Gasteiger partial charge is 0.338 e. The smallest absolute Gasteiger partial charge is 0.182 e. The topological polar surface area (TPSA) is 38.5 Å². The third-order valence-electron chi connectivity index (χ3n) is 2.48. The van der Waals surface area contributed by atoms with Gasteiger partial charge in [0.1, 0.15) is 16.0 Å². The summed E-state index contributed by atoms with van der Waals surface area (Å²) in [5.41, 5.74) is 1.72. The highest BCUT2D eigenvalue weighted by Gasteiger charge is 2.08. The molecule has 0 saturated heterocycles. The van der Waals surface area contributed by atoms with Crippen LogP contribution in [0.15, 0.2) is 0 Å². The van der Waals surface area contributed by atoms with Crippen LogP contribution in [-0.4, -0.2) is 19.1 Å². The first-order valence-electron chi connectivity index (χ1n) is 4.70. The molecule has 0 spiro atoms. The molecular formula is C9H12N4S2. The quantitative estimate of drug-likeness (QED) is 0.777. The lowest BCUT2D eigenvalue weighted by Crippen LogP contribution is -2.05. The Morgan fingerprint density at radius 1 is 1.27 bits per heavy atom. The maximum absolute atomic E-state index is 5.31. The molecular weight excluding hydrogens is 228 g/mol. The highest BCUT2D eigenvalue weighted by molar-refractivity contribution is 7.72. The molecule has 0 aromatic carbocycles. The Labute approximate surface area is 97.6 Å². The molecule has 80 valence electrons. The molecule has 0 aliphatic rings. The van der Waals surface area contributed by atoms with E-state index in [4.69, 9.17) is 24.4 Å². The summed E-state index contributed by atoms with van der Waals surface area (Å²) in [6.45, 7) is 2.05. The first-order chi connectivity index (χ1) is 7.06. The zero-order valence-electron chi connectivity index (χ0n) is 8.87. The second kappa shape index (κ2) is 3.53.